The first-order valence-corrected chi connectivity index (χ1v) is 10.6. The van der Waals surface area contributed by atoms with Gasteiger partial charge in [-0.15, -0.1) is 0 Å². The molecule has 1 aromatic carbocycles. The summed E-state index contributed by atoms with van der Waals surface area (Å²) >= 11 is 0. The third-order valence-electron chi connectivity index (χ3n) is 4.94. The molecule has 12 heteroatoms. The van der Waals surface area contributed by atoms with Crippen LogP contribution in [0.2, 0.25) is 0 Å². The fraction of sp³-hybridized carbons (Fsp3) is 0.435. The molecule has 0 spiro atoms. The van der Waals surface area contributed by atoms with Gasteiger partial charge in [-0.3, -0.25) is 9.69 Å². The van der Waals surface area contributed by atoms with Crippen LogP contribution in [0, 0.1) is 0 Å². The van der Waals surface area contributed by atoms with Crippen molar-refractivity contribution in [2.75, 3.05) is 25.0 Å². The first-order chi connectivity index (χ1) is 16.1. The summed E-state index contributed by atoms with van der Waals surface area (Å²) in [6, 6.07) is 7.32. The van der Waals surface area contributed by atoms with Crippen LogP contribution in [0.3, 0.4) is 0 Å². The Hall–Kier alpha value is -3.41. The number of halogens is 4. The zero-order valence-electron chi connectivity index (χ0n) is 19.5. The van der Waals surface area contributed by atoms with Gasteiger partial charge in [0.2, 0.25) is 5.88 Å². The molecule has 35 heavy (non-hydrogen) atoms. The van der Waals surface area contributed by atoms with Crippen molar-refractivity contribution in [2.24, 2.45) is 0 Å². The topological polar surface area (TPSA) is 92.2 Å². The molecule has 0 bridgehead atoms. The number of hydrogen-bond acceptors (Lipinski definition) is 6. The summed E-state index contributed by atoms with van der Waals surface area (Å²) in [6.45, 7) is 4.39. The highest BCUT2D eigenvalue weighted by Crippen LogP contribution is 2.34. The quantitative estimate of drug-likeness (QED) is 0.627. The first-order valence-electron chi connectivity index (χ1n) is 10.6. The smallest absolute Gasteiger partial charge is 0.433 e. The largest absolute Gasteiger partial charge is 0.443 e. The molecule has 190 valence electrons. The molecule has 1 aliphatic heterocycles. The van der Waals surface area contributed by atoms with Gasteiger partial charge >= 0.3 is 12.3 Å². The summed E-state index contributed by atoms with van der Waals surface area (Å²) in [5, 5.41) is 9.55. The predicted molar refractivity (Wildman–Crippen MR) is 117 cm³/mol. The van der Waals surface area contributed by atoms with Gasteiger partial charge in [0, 0.05) is 25.2 Å². The molecule has 2 atom stereocenters. The van der Waals surface area contributed by atoms with Crippen molar-refractivity contribution in [1.29, 1.82) is 0 Å². The van der Waals surface area contributed by atoms with E-state index in [1.165, 1.54) is 31.3 Å². The van der Waals surface area contributed by atoms with E-state index in [9.17, 15) is 32.3 Å². The molecule has 0 saturated carbocycles. The number of aliphatic hydroxyl groups excluding tert-OH is 1. The van der Waals surface area contributed by atoms with Crippen molar-refractivity contribution < 1.29 is 41.7 Å². The Kier molecular flexibility index (Phi) is 7.25. The van der Waals surface area contributed by atoms with Crippen LogP contribution in [0.5, 0.6) is 11.6 Å². The van der Waals surface area contributed by atoms with E-state index < -0.39 is 47.6 Å². The van der Waals surface area contributed by atoms with E-state index in [2.05, 4.69) is 4.98 Å². The van der Waals surface area contributed by atoms with Crippen LogP contribution in [0.1, 0.15) is 36.8 Å². The number of aromatic nitrogens is 1. The van der Waals surface area contributed by atoms with Crippen molar-refractivity contribution in [1.82, 2.24) is 9.88 Å². The molecule has 3 rings (SSSR count). The van der Waals surface area contributed by atoms with Crippen LogP contribution in [-0.2, 0) is 10.9 Å². The number of rotatable bonds is 4. The van der Waals surface area contributed by atoms with Gasteiger partial charge in [0.15, 0.2) is 5.69 Å². The molecule has 0 unspecified atom stereocenters. The lowest BCUT2D eigenvalue weighted by Gasteiger charge is -2.25. The number of pyridine rings is 1. The van der Waals surface area contributed by atoms with E-state index in [0.29, 0.717) is 6.07 Å². The normalized spacial score (nSPS) is 18.4. The van der Waals surface area contributed by atoms with E-state index in [0.717, 1.165) is 15.9 Å². The van der Waals surface area contributed by atoms with Crippen molar-refractivity contribution in [3.8, 4) is 11.6 Å². The molecule has 8 nitrogen and oxygen atoms in total. The molecule has 1 aliphatic rings. The molecule has 2 amide bonds. The fourth-order valence-corrected chi connectivity index (χ4v) is 3.23. The molecule has 2 aromatic rings. The summed E-state index contributed by atoms with van der Waals surface area (Å²) in [5.74, 6) is -1.06. The van der Waals surface area contributed by atoms with Gasteiger partial charge in [-0.2, -0.15) is 13.2 Å². The van der Waals surface area contributed by atoms with Crippen molar-refractivity contribution >= 4 is 17.7 Å². The van der Waals surface area contributed by atoms with Crippen molar-refractivity contribution in [3.63, 3.8) is 0 Å². The number of anilines is 1. The number of amides is 2. The molecule has 2 heterocycles. The van der Waals surface area contributed by atoms with E-state index in [-0.39, 0.29) is 30.1 Å². The van der Waals surface area contributed by atoms with Gasteiger partial charge < -0.3 is 19.5 Å². The number of nitrogens with zero attached hydrogens (tertiary/aromatic N) is 3. The third kappa shape index (κ3) is 6.59. The second-order valence-electron chi connectivity index (χ2n) is 9.01. The maximum absolute atomic E-state index is 13.6. The highest BCUT2D eigenvalue weighted by molar-refractivity contribution is 5.95. The summed E-state index contributed by atoms with van der Waals surface area (Å²) in [6.07, 6.45) is -8.56. The minimum absolute atomic E-state index is 0.00918. The molecule has 1 aromatic heterocycles. The summed E-state index contributed by atoms with van der Waals surface area (Å²) in [7, 11) is 1.25. The number of β-amino-alcohol motifs (C(OH)–C–C–N with tert-alkyl or cyclic N) is 1. The average Bonchev–Trinajstić information content (AvgIpc) is 3.09. The Morgan fingerprint density at radius 2 is 1.83 bits per heavy atom. The lowest BCUT2D eigenvalue weighted by Crippen LogP contribution is -2.34. The Morgan fingerprint density at radius 3 is 2.40 bits per heavy atom. The second kappa shape index (κ2) is 9.68. The van der Waals surface area contributed by atoms with Gasteiger partial charge in [0.25, 0.3) is 5.91 Å². The van der Waals surface area contributed by atoms with E-state index in [4.69, 9.17) is 9.47 Å². The van der Waals surface area contributed by atoms with Gasteiger partial charge in [0.1, 0.15) is 23.6 Å². The third-order valence-corrected chi connectivity index (χ3v) is 4.94. The minimum Gasteiger partial charge on any atom is -0.443 e. The fourth-order valence-electron chi connectivity index (χ4n) is 3.23. The number of carbonyl (C=O) groups excluding carboxylic acids is 2. The number of alkyl halides is 4. The Morgan fingerprint density at radius 1 is 1.14 bits per heavy atom. The summed E-state index contributed by atoms with van der Waals surface area (Å²) in [4.78, 5) is 30.5. The van der Waals surface area contributed by atoms with E-state index >= 15 is 0 Å². The molecule has 1 saturated heterocycles. The monoisotopic (exact) mass is 499 g/mol. The average molecular weight is 499 g/mol. The van der Waals surface area contributed by atoms with Crippen LogP contribution < -0.4 is 9.64 Å². The Labute approximate surface area is 199 Å². The van der Waals surface area contributed by atoms with Gasteiger partial charge in [-0.05, 0) is 45.0 Å². The number of carbonyl (C=O) groups is 2. The number of hydrogen-bond donors (Lipinski definition) is 1. The van der Waals surface area contributed by atoms with Crippen LogP contribution in [-0.4, -0.2) is 65.0 Å². The first kappa shape index (κ1) is 26.2. The lowest BCUT2D eigenvalue weighted by atomic mass is 10.2. The lowest BCUT2D eigenvalue weighted by molar-refractivity contribution is -0.141. The highest BCUT2D eigenvalue weighted by atomic mass is 19.4. The molecular formula is C23H25F4N3O5. The second-order valence-corrected chi connectivity index (χ2v) is 9.01. The van der Waals surface area contributed by atoms with Crippen LogP contribution >= 0.6 is 0 Å². The molecule has 0 aliphatic carbocycles. The maximum Gasteiger partial charge on any atom is 0.433 e. The van der Waals surface area contributed by atoms with E-state index in [1.807, 2.05) is 0 Å². The molecule has 0 radical (unpaired) electrons. The van der Waals surface area contributed by atoms with Gasteiger partial charge in [0.05, 0.1) is 12.2 Å². The zero-order chi connectivity index (χ0) is 26.1. The van der Waals surface area contributed by atoms with Crippen molar-refractivity contribution in [2.45, 2.75) is 44.8 Å². The van der Waals surface area contributed by atoms with Gasteiger partial charge in [-0.25, -0.2) is 14.2 Å². The summed E-state index contributed by atoms with van der Waals surface area (Å²) < 4.78 is 64.7. The Bertz CT molecular complexity index is 1090. The van der Waals surface area contributed by atoms with Crippen LogP contribution in [0.4, 0.5) is 28.0 Å². The van der Waals surface area contributed by atoms with Gasteiger partial charge in [-0.1, -0.05) is 6.07 Å². The number of ether oxygens (including phenoxy) is 2. The van der Waals surface area contributed by atoms with Crippen LogP contribution in [0.15, 0.2) is 36.4 Å². The molecule has 1 N–H and O–H groups in total. The standard InChI is InChI=1S/C23H25F4N3O5/c1-22(2,3)35-21(33)29(4)14-9-18(23(25,26)27)28-19(10-14)34-15-7-5-6-13(8-15)20(32)30-11-16(24)17(31)12-30/h5-10,16-17,31H,11-12H2,1-4H3/t16-,17-/m1/s1. The SMILES string of the molecule is CN(C(=O)OC(C)(C)C)c1cc(Oc2cccc(C(=O)N3C[C@@H](O)[C@H](F)C3)c2)nc(C(F)(F)F)c1. The Balaban J connectivity index is 1.88. The predicted octanol–water partition coefficient (Wildman–Crippen LogP) is 4.42. The number of aliphatic hydroxyl groups is 1. The zero-order valence-corrected chi connectivity index (χ0v) is 19.5. The molecular weight excluding hydrogens is 474 g/mol. The van der Waals surface area contributed by atoms with E-state index in [1.54, 1.807) is 20.8 Å². The van der Waals surface area contributed by atoms with Crippen molar-refractivity contribution in [3.05, 3.63) is 47.7 Å². The van der Waals surface area contributed by atoms with Crippen LogP contribution in [0.25, 0.3) is 0 Å². The number of benzene rings is 1. The molecule has 1 fully saturated rings. The number of likely N-dealkylation sites (tertiary alicyclic amines) is 1. The summed E-state index contributed by atoms with van der Waals surface area (Å²) in [5.41, 5.74) is -2.26. The highest BCUT2D eigenvalue weighted by Gasteiger charge is 2.36. The maximum atomic E-state index is 13.6. The minimum atomic E-state index is -4.83.